The number of hydrogen-bond donors (Lipinski definition) is 3. The van der Waals surface area contributed by atoms with Crippen molar-refractivity contribution < 1.29 is 14.6 Å². The number of benzene rings is 2. The number of aliphatic carboxylic acids is 1. The molecule has 1 aromatic heterocycles. The molecule has 0 saturated carbocycles. The average molecular weight is 447 g/mol. The number of carboxylic acids is 1. The van der Waals surface area contributed by atoms with Crippen LogP contribution < -0.4 is 21.4 Å². The van der Waals surface area contributed by atoms with Gasteiger partial charge in [-0.3, -0.25) is 19.3 Å². The molecule has 4 rings (SSSR count). The first kappa shape index (κ1) is 21.8. The third kappa shape index (κ3) is 5.42. The molecule has 0 aliphatic carbocycles. The van der Waals surface area contributed by atoms with Gasteiger partial charge in [-0.2, -0.15) is 4.98 Å². The predicted octanol–water partition coefficient (Wildman–Crippen LogP) is 2.08. The van der Waals surface area contributed by atoms with E-state index in [0.717, 1.165) is 11.1 Å². The van der Waals surface area contributed by atoms with Crippen molar-refractivity contribution in [3.05, 3.63) is 92.5 Å². The van der Waals surface area contributed by atoms with Crippen LogP contribution in [-0.4, -0.2) is 38.4 Å². The van der Waals surface area contributed by atoms with E-state index in [9.17, 15) is 14.4 Å². The first-order valence-corrected chi connectivity index (χ1v) is 10.1. The molecular weight excluding hydrogens is 426 g/mol. The van der Waals surface area contributed by atoms with E-state index in [2.05, 4.69) is 20.3 Å². The number of aromatic amines is 1. The lowest BCUT2D eigenvalue weighted by molar-refractivity contribution is -0.139. The lowest BCUT2D eigenvalue weighted by Crippen LogP contribution is -2.34. The van der Waals surface area contributed by atoms with Crippen LogP contribution >= 0.6 is 0 Å². The van der Waals surface area contributed by atoms with E-state index in [1.54, 1.807) is 24.3 Å². The van der Waals surface area contributed by atoms with Gasteiger partial charge in [-0.15, -0.1) is 0 Å². The van der Waals surface area contributed by atoms with Gasteiger partial charge in [0.25, 0.3) is 0 Å². The van der Waals surface area contributed by atoms with Crippen LogP contribution in [0.2, 0.25) is 0 Å². The zero-order valence-corrected chi connectivity index (χ0v) is 17.7. The Bertz CT molecular complexity index is 1340. The van der Waals surface area contributed by atoms with Crippen molar-refractivity contribution >= 4 is 23.8 Å². The fourth-order valence-electron chi connectivity index (χ4n) is 3.19. The Morgan fingerprint density at radius 1 is 1.18 bits per heavy atom. The smallest absolute Gasteiger partial charge is 0.352 e. The number of ether oxygens (including phenoxy) is 1. The van der Waals surface area contributed by atoms with Gasteiger partial charge in [-0.25, -0.2) is 9.59 Å². The normalized spacial score (nSPS) is 15.1. The Hall–Kier alpha value is -4.47. The molecule has 1 atom stereocenters. The van der Waals surface area contributed by atoms with E-state index in [0.29, 0.717) is 17.2 Å². The molecule has 1 aliphatic rings. The van der Waals surface area contributed by atoms with Crippen molar-refractivity contribution in [3.8, 4) is 5.75 Å². The van der Waals surface area contributed by atoms with Crippen molar-refractivity contribution in [2.45, 2.75) is 13.5 Å². The second kappa shape index (κ2) is 9.35. The minimum atomic E-state index is -0.963. The molecule has 33 heavy (non-hydrogen) atoms. The molecule has 0 saturated heterocycles. The first-order chi connectivity index (χ1) is 15.9. The molecule has 2 heterocycles. The Morgan fingerprint density at radius 2 is 1.91 bits per heavy atom. The van der Waals surface area contributed by atoms with Crippen molar-refractivity contribution in [1.29, 1.82) is 0 Å². The number of aliphatic imine (C=N–C) groups is 1. The minimum absolute atomic E-state index is 0.101. The zero-order chi connectivity index (χ0) is 23.4. The second-order valence-electron chi connectivity index (χ2n) is 7.50. The van der Waals surface area contributed by atoms with Crippen LogP contribution in [0.15, 0.2) is 74.9 Å². The van der Waals surface area contributed by atoms with Gasteiger partial charge in [0.15, 0.2) is 0 Å². The van der Waals surface area contributed by atoms with E-state index in [1.165, 1.54) is 16.9 Å². The summed E-state index contributed by atoms with van der Waals surface area (Å²) in [4.78, 5) is 45.5. The fourth-order valence-corrected chi connectivity index (χ4v) is 3.19. The highest BCUT2D eigenvalue weighted by atomic mass is 16.5. The summed E-state index contributed by atoms with van der Waals surface area (Å²) in [5.74, 6) is -0.768. The predicted molar refractivity (Wildman–Crippen MR) is 122 cm³/mol. The lowest BCUT2D eigenvalue weighted by Gasteiger charge is -2.15. The molecule has 0 radical (unpaired) electrons. The van der Waals surface area contributed by atoms with Crippen LogP contribution in [0.4, 0.5) is 11.6 Å². The minimum Gasteiger partial charge on any atom is -0.481 e. The number of nitrogens with zero attached hydrogens (tertiary/aromatic N) is 3. The number of H-pyrrole nitrogens is 1. The summed E-state index contributed by atoms with van der Waals surface area (Å²) in [6, 6.07) is 14.4. The van der Waals surface area contributed by atoms with Crippen LogP contribution in [-0.2, 0) is 11.3 Å². The highest BCUT2D eigenvalue weighted by molar-refractivity contribution is 5.82. The van der Waals surface area contributed by atoms with Crippen LogP contribution in [0.3, 0.4) is 0 Å². The Kier molecular flexibility index (Phi) is 6.16. The van der Waals surface area contributed by atoms with Crippen LogP contribution in [0.25, 0.3) is 0 Å². The Balaban J connectivity index is 1.53. The van der Waals surface area contributed by atoms with Crippen LogP contribution in [0.5, 0.6) is 5.75 Å². The number of rotatable bonds is 7. The van der Waals surface area contributed by atoms with E-state index < -0.39 is 23.3 Å². The molecular formula is C23H21N5O5. The quantitative estimate of drug-likeness (QED) is 0.504. The SMILES string of the molecule is Cc1ccc(Cn2c(Nc3ccc(OC4=CC(C(=O)O)CN=C4)cc3)nc(=O)[nH]c2=O)cc1. The maximum absolute atomic E-state index is 12.4. The summed E-state index contributed by atoms with van der Waals surface area (Å²) in [6.07, 6.45) is 2.99. The molecule has 3 N–H and O–H groups in total. The van der Waals surface area contributed by atoms with E-state index in [1.807, 2.05) is 31.2 Å². The zero-order valence-electron chi connectivity index (χ0n) is 17.7. The Labute approximate surface area is 187 Å². The highest BCUT2D eigenvalue weighted by Crippen LogP contribution is 2.21. The Morgan fingerprint density at radius 3 is 2.61 bits per heavy atom. The van der Waals surface area contributed by atoms with Gasteiger partial charge >= 0.3 is 17.3 Å². The molecule has 1 unspecified atom stereocenters. The number of anilines is 2. The molecule has 168 valence electrons. The van der Waals surface area contributed by atoms with Crippen molar-refractivity contribution in [1.82, 2.24) is 14.5 Å². The first-order valence-electron chi connectivity index (χ1n) is 10.1. The molecule has 0 spiro atoms. The number of allylic oxidation sites excluding steroid dienone is 1. The lowest BCUT2D eigenvalue weighted by atomic mass is 10.1. The monoisotopic (exact) mass is 447 g/mol. The summed E-state index contributed by atoms with van der Waals surface area (Å²) in [5.41, 5.74) is 1.23. The van der Waals surface area contributed by atoms with Gasteiger partial charge in [0, 0.05) is 5.69 Å². The van der Waals surface area contributed by atoms with Gasteiger partial charge < -0.3 is 15.2 Å². The van der Waals surface area contributed by atoms with Gasteiger partial charge in [-0.05, 0) is 42.8 Å². The van der Waals surface area contributed by atoms with Gasteiger partial charge in [0.05, 0.1) is 25.2 Å². The van der Waals surface area contributed by atoms with Crippen LogP contribution in [0, 0.1) is 12.8 Å². The molecule has 10 heteroatoms. The fraction of sp³-hybridized carbons (Fsp3) is 0.174. The summed E-state index contributed by atoms with van der Waals surface area (Å²) in [6.45, 7) is 2.38. The summed E-state index contributed by atoms with van der Waals surface area (Å²) < 4.78 is 7.03. The van der Waals surface area contributed by atoms with Crippen molar-refractivity contribution in [3.63, 3.8) is 0 Å². The van der Waals surface area contributed by atoms with Crippen LogP contribution in [0.1, 0.15) is 11.1 Å². The molecule has 0 bridgehead atoms. The van der Waals surface area contributed by atoms with Gasteiger partial charge in [0.1, 0.15) is 11.5 Å². The molecule has 2 aromatic carbocycles. The second-order valence-corrected chi connectivity index (χ2v) is 7.50. The van der Waals surface area contributed by atoms with Crippen molar-refractivity contribution in [2.75, 3.05) is 11.9 Å². The number of aryl methyl sites for hydroxylation is 1. The van der Waals surface area contributed by atoms with Gasteiger partial charge in [-0.1, -0.05) is 29.8 Å². The third-order valence-corrected chi connectivity index (χ3v) is 4.93. The maximum atomic E-state index is 12.4. The van der Waals surface area contributed by atoms with E-state index in [-0.39, 0.29) is 19.0 Å². The summed E-state index contributed by atoms with van der Waals surface area (Å²) in [7, 11) is 0. The number of hydrogen-bond acceptors (Lipinski definition) is 7. The third-order valence-electron chi connectivity index (χ3n) is 4.93. The standard InChI is InChI=1S/C23H21N5O5/c1-14-2-4-15(5-3-14)13-28-21(26-22(31)27-23(28)32)25-17-6-8-18(9-7-17)33-19-10-16(20(29)30)11-24-12-19/h2-10,12,16H,11,13H2,1H3,(H,29,30)(H2,25,26,27,31,32). The number of carbonyl (C=O) groups is 1. The maximum Gasteiger partial charge on any atom is 0.352 e. The number of aromatic nitrogens is 3. The number of carboxylic acid groups (broad SMARTS) is 1. The highest BCUT2D eigenvalue weighted by Gasteiger charge is 2.18. The molecule has 3 aromatic rings. The molecule has 0 fully saturated rings. The van der Waals surface area contributed by atoms with Crippen molar-refractivity contribution in [2.24, 2.45) is 10.9 Å². The van der Waals surface area contributed by atoms with E-state index in [4.69, 9.17) is 9.84 Å². The number of dihydropyridines is 1. The van der Waals surface area contributed by atoms with Gasteiger partial charge in [0.2, 0.25) is 5.95 Å². The largest absolute Gasteiger partial charge is 0.481 e. The number of nitrogens with one attached hydrogen (secondary N) is 2. The topological polar surface area (TPSA) is 139 Å². The molecule has 1 aliphatic heterocycles. The van der Waals surface area contributed by atoms with E-state index >= 15 is 0 Å². The average Bonchev–Trinajstić information content (AvgIpc) is 2.79. The molecule has 10 nitrogen and oxygen atoms in total. The summed E-state index contributed by atoms with van der Waals surface area (Å²) in [5, 5.41) is 12.1. The molecule has 0 amide bonds. The summed E-state index contributed by atoms with van der Waals surface area (Å²) >= 11 is 0.